The molecule has 0 aliphatic rings. The zero-order valence-corrected chi connectivity index (χ0v) is 11.3. The lowest BCUT2D eigenvalue weighted by Crippen LogP contribution is -1.97. The van der Waals surface area contributed by atoms with Crippen molar-refractivity contribution in [3.63, 3.8) is 0 Å². The van der Waals surface area contributed by atoms with Gasteiger partial charge in [-0.25, -0.2) is 4.68 Å². The van der Waals surface area contributed by atoms with Crippen LogP contribution in [0.25, 0.3) is 16.9 Å². The Bertz CT molecular complexity index is 717. The normalized spacial score (nSPS) is 10.7. The fourth-order valence-electron chi connectivity index (χ4n) is 2.31. The van der Waals surface area contributed by atoms with Crippen molar-refractivity contribution < 1.29 is 5.11 Å². The van der Waals surface area contributed by atoms with Gasteiger partial charge in [0.1, 0.15) is 0 Å². The summed E-state index contributed by atoms with van der Waals surface area (Å²) in [5, 5.41) is 14.2. The number of rotatable bonds is 3. The van der Waals surface area contributed by atoms with Crippen molar-refractivity contribution >= 4 is 0 Å². The number of para-hydroxylation sites is 1. The molecule has 2 aromatic carbocycles. The molecule has 0 bridgehead atoms. The highest BCUT2D eigenvalue weighted by atomic mass is 16.3. The van der Waals surface area contributed by atoms with Gasteiger partial charge in [-0.2, -0.15) is 5.10 Å². The van der Waals surface area contributed by atoms with Crippen molar-refractivity contribution in [2.75, 3.05) is 0 Å². The van der Waals surface area contributed by atoms with Crippen molar-refractivity contribution in [2.45, 2.75) is 13.5 Å². The van der Waals surface area contributed by atoms with Crippen molar-refractivity contribution in [1.29, 1.82) is 0 Å². The molecule has 0 fully saturated rings. The van der Waals surface area contributed by atoms with Gasteiger partial charge >= 0.3 is 0 Å². The highest BCUT2D eigenvalue weighted by Gasteiger charge is 2.11. The molecule has 3 heteroatoms. The molecule has 0 spiro atoms. The monoisotopic (exact) mass is 264 g/mol. The maximum atomic E-state index is 9.56. The SMILES string of the molecule is Cc1ccccc1-n1cc(CO)c(-c2ccccc2)n1. The van der Waals surface area contributed by atoms with Crippen LogP contribution >= 0.6 is 0 Å². The molecule has 3 rings (SSSR count). The maximum absolute atomic E-state index is 9.56. The van der Waals surface area contributed by atoms with Crippen molar-refractivity contribution in [3.05, 3.63) is 71.9 Å². The Morgan fingerprint density at radius 2 is 1.70 bits per heavy atom. The number of hydrogen-bond donors (Lipinski definition) is 1. The number of nitrogens with zero attached hydrogens (tertiary/aromatic N) is 2. The molecule has 1 N–H and O–H groups in total. The summed E-state index contributed by atoms with van der Waals surface area (Å²) in [7, 11) is 0. The number of aliphatic hydroxyl groups excluding tert-OH is 1. The molecular weight excluding hydrogens is 248 g/mol. The molecule has 0 saturated carbocycles. The van der Waals surface area contributed by atoms with Gasteiger partial charge < -0.3 is 5.11 Å². The predicted molar refractivity (Wildman–Crippen MR) is 79.7 cm³/mol. The van der Waals surface area contributed by atoms with Crippen LogP contribution in [0.1, 0.15) is 11.1 Å². The lowest BCUT2D eigenvalue weighted by Gasteiger charge is -2.04. The largest absolute Gasteiger partial charge is 0.392 e. The van der Waals surface area contributed by atoms with Crippen molar-refractivity contribution in [1.82, 2.24) is 9.78 Å². The van der Waals surface area contributed by atoms with Crippen LogP contribution in [0.5, 0.6) is 0 Å². The first kappa shape index (κ1) is 12.6. The van der Waals surface area contributed by atoms with Gasteiger partial charge in [-0.05, 0) is 18.6 Å². The average molecular weight is 264 g/mol. The molecule has 1 aromatic heterocycles. The molecule has 1 heterocycles. The lowest BCUT2D eigenvalue weighted by molar-refractivity contribution is 0.282. The molecule has 3 aromatic rings. The van der Waals surface area contributed by atoms with Crippen LogP contribution in [0.15, 0.2) is 60.8 Å². The first-order valence-corrected chi connectivity index (χ1v) is 6.60. The third-order valence-electron chi connectivity index (χ3n) is 3.37. The minimum atomic E-state index is -0.0177. The first-order chi connectivity index (χ1) is 9.79. The minimum Gasteiger partial charge on any atom is -0.392 e. The van der Waals surface area contributed by atoms with Crippen LogP contribution in [0.4, 0.5) is 0 Å². The van der Waals surface area contributed by atoms with E-state index in [-0.39, 0.29) is 6.61 Å². The van der Waals surface area contributed by atoms with Gasteiger partial charge in [0.15, 0.2) is 0 Å². The summed E-state index contributed by atoms with van der Waals surface area (Å²) in [5.74, 6) is 0. The van der Waals surface area contributed by atoms with Crippen molar-refractivity contribution in [2.24, 2.45) is 0 Å². The average Bonchev–Trinajstić information content (AvgIpc) is 2.92. The molecule has 3 nitrogen and oxygen atoms in total. The summed E-state index contributed by atoms with van der Waals surface area (Å²) < 4.78 is 1.84. The topological polar surface area (TPSA) is 38.0 Å². The third-order valence-corrected chi connectivity index (χ3v) is 3.37. The van der Waals surface area contributed by atoms with Gasteiger partial charge in [0.05, 0.1) is 18.0 Å². The molecule has 0 amide bonds. The Hall–Kier alpha value is -2.39. The summed E-state index contributed by atoms with van der Waals surface area (Å²) in [5.41, 5.74) is 4.86. The standard InChI is InChI=1S/C17H16N2O/c1-13-7-5-6-10-16(13)19-11-15(12-20)17(18-19)14-8-3-2-4-9-14/h2-11,20H,12H2,1H3. The number of aryl methyl sites for hydroxylation is 1. The minimum absolute atomic E-state index is 0.0177. The van der Waals surface area contributed by atoms with Gasteiger partial charge in [0.25, 0.3) is 0 Å². The molecule has 0 aliphatic heterocycles. The van der Waals surface area contributed by atoms with E-state index in [2.05, 4.69) is 18.1 Å². The van der Waals surface area contributed by atoms with Crippen LogP contribution < -0.4 is 0 Å². The maximum Gasteiger partial charge on any atom is 0.0982 e. The van der Waals surface area contributed by atoms with E-state index in [0.717, 1.165) is 28.1 Å². The summed E-state index contributed by atoms with van der Waals surface area (Å²) in [6.45, 7) is 2.04. The van der Waals surface area contributed by atoms with Gasteiger partial charge in [-0.15, -0.1) is 0 Å². The van der Waals surface area contributed by atoms with E-state index < -0.39 is 0 Å². The van der Waals surface area contributed by atoms with E-state index >= 15 is 0 Å². The van der Waals surface area contributed by atoms with Gasteiger partial charge in [0.2, 0.25) is 0 Å². The molecule has 0 radical (unpaired) electrons. The second kappa shape index (κ2) is 5.31. The molecular formula is C17H16N2O. The zero-order chi connectivity index (χ0) is 13.9. The molecule has 0 atom stereocenters. The van der Waals surface area contributed by atoms with E-state index in [0.29, 0.717) is 0 Å². The van der Waals surface area contributed by atoms with E-state index in [1.54, 1.807) is 0 Å². The number of benzene rings is 2. The Labute approximate surface area is 118 Å². The van der Waals surface area contributed by atoms with Gasteiger partial charge in [-0.3, -0.25) is 0 Å². The predicted octanol–water partition coefficient (Wildman–Crippen LogP) is 3.34. The van der Waals surface area contributed by atoms with E-state index in [1.807, 2.05) is 59.4 Å². The Kier molecular flexibility index (Phi) is 3.35. The molecule has 0 unspecified atom stereocenters. The number of aliphatic hydroxyl groups is 1. The Morgan fingerprint density at radius 1 is 1.00 bits per heavy atom. The zero-order valence-electron chi connectivity index (χ0n) is 11.3. The van der Waals surface area contributed by atoms with Crippen LogP contribution in [0.2, 0.25) is 0 Å². The fraction of sp³-hybridized carbons (Fsp3) is 0.118. The first-order valence-electron chi connectivity index (χ1n) is 6.60. The third kappa shape index (κ3) is 2.24. The summed E-state index contributed by atoms with van der Waals surface area (Å²) in [6, 6.07) is 18.0. The van der Waals surface area contributed by atoms with Gasteiger partial charge in [0, 0.05) is 17.3 Å². The highest BCUT2D eigenvalue weighted by Crippen LogP contribution is 2.24. The van der Waals surface area contributed by atoms with Crippen LogP contribution in [-0.4, -0.2) is 14.9 Å². The van der Waals surface area contributed by atoms with Crippen LogP contribution in [0.3, 0.4) is 0 Å². The molecule has 0 aliphatic carbocycles. The molecule has 100 valence electrons. The summed E-state index contributed by atoms with van der Waals surface area (Å²) in [4.78, 5) is 0. The highest BCUT2D eigenvalue weighted by molar-refractivity contribution is 5.63. The Balaban J connectivity index is 2.13. The lowest BCUT2D eigenvalue weighted by atomic mass is 10.1. The number of hydrogen-bond acceptors (Lipinski definition) is 2. The molecule has 0 saturated heterocycles. The smallest absolute Gasteiger partial charge is 0.0982 e. The second-order valence-corrected chi connectivity index (χ2v) is 4.76. The number of aromatic nitrogens is 2. The van der Waals surface area contributed by atoms with E-state index in [4.69, 9.17) is 0 Å². The second-order valence-electron chi connectivity index (χ2n) is 4.76. The summed E-state index contributed by atoms with van der Waals surface area (Å²) >= 11 is 0. The fourth-order valence-corrected chi connectivity index (χ4v) is 2.31. The van der Waals surface area contributed by atoms with Crippen LogP contribution in [-0.2, 0) is 6.61 Å². The van der Waals surface area contributed by atoms with Crippen molar-refractivity contribution in [3.8, 4) is 16.9 Å². The summed E-state index contributed by atoms with van der Waals surface area (Å²) in [6.07, 6.45) is 1.89. The quantitative estimate of drug-likeness (QED) is 0.788. The molecule has 20 heavy (non-hydrogen) atoms. The van der Waals surface area contributed by atoms with E-state index in [9.17, 15) is 5.11 Å². The Morgan fingerprint density at radius 3 is 2.40 bits per heavy atom. The van der Waals surface area contributed by atoms with Crippen LogP contribution in [0, 0.1) is 6.92 Å². The van der Waals surface area contributed by atoms with E-state index in [1.165, 1.54) is 0 Å². The van der Waals surface area contributed by atoms with Gasteiger partial charge in [-0.1, -0.05) is 48.5 Å².